The molecule has 0 saturated carbocycles. The fourth-order valence-corrected chi connectivity index (χ4v) is 1.56. The van der Waals surface area contributed by atoms with E-state index in [1.54, 1.807) is 0 Å². The van der Waals surface area contributed by atoms with Gasteiger partial charge in [0.15, 0.2) is 0 Å². The predicted octanol–water partition coefficient (Wildman–Crippen LogP) is 2.57. The molecule has 0 radical (unpaired) electrons. The number of aliphatic hydroxyl groups excluding tert-OH is 2. The summed E-state index contributed by atoms with van der Waals surface area (Å²) < 4.78 is 15.3. The minimum atomic E-state index is -0.833. The molecule has 2 rings (SSSR count). The molecule has 0 heterocycles. The van der Waals surface area contributed by atoms with Gasteiger partial charge in [-0.25, -0.2) is 0 Å². The summed E-state index contributed by atoms with van der Waals surface area (Å²) in [5.41, 5.74) is 0. The zero-order valence-electron chi connectivity index (χ0n) is 15.5. The molecule has 0 unspecified atom stereocenters. The minimum Gasteiger partial charge on any atom is -0.481 e. The Bertz CT molecular complexity index is 512. The van der Waals surface area contributed by atoms with E-state index in [2.05, 4.69) is 0 Å². The van der Waals surface area contributed by atoms with Gasteiger partial charge < -0.3 is 29.5 Å². The van der Waals surface area contributed by atoms with Crippen molar-refractivity contribution < 1.29 is 34.3 Å². The second-order valence-electron chi connectivity index (χ2n) is 4.92. The Morgan fingerprint density at radius 3 is 1.37 bits per heavy atom. The molecule has 0 aliphatic rings. The first-order valence-electron chi connectivity index (χ1n) is 8.44. The Labute approximate surface area is 159 Å². The molecule has 0 spiro atoms. The molecule has 0 atom stereocenters. The van der Waals surface area contributed by atoms with Crippen molar-refractivity contribution in [2.24, 2.45) is 0 Å². The number of aliphatic carboxylic acids is 1. The van der Waals surface area contributed by atoms with Crippen LogP contribution >= 0.6 is 0 Å². The zero-order chi connectivity index (χ0) is 20.2. The van der Waals surface area contributed by atoms with Crippen LogP contribution in [0, 0.1) is 0 Å². The normalized spacial score (nSPS) is 9.30. The SMILES string of the molecule is CC(=O)O.OCCOCCOCCO.c1ccc(Oc2ccccc2)cc1. The summed E-state index contributed by atoms with van der Waals surface area (Å²) in [4.78, 5) is 9.00. The summed E-state index contributed by atoms with van der Waals surface area (Å²) in [6, 6.07) is 19.5. The first kappa shape index (κ1) is 24.6. The first-order chi connectivity index (χ1) is 13.1. The van der Waals surface area contributed by atoms with Gasteiger partial charge in [-0.05, 0) is 24.3 Å². The van der Waals surface area contributed by atoms with Crippen LogP contribution in [0.4, 0.5) is 0 Å². The van der Waals surface area contributed by atoms with E-state index in [4.69, 9.17) is 34.3 Å². The van der Waals surface area contributed by atoms with Crippen LogP contribution in [0.5, 0.6) is 11.5 Å². The Morgan fingerprint density at radius 1 is 0.741 bits per heavy atom. The van der Waals surface area contributed by atoms with Crippen LogP contribution in [0.15, 0.2) is 60.7 Å². The zero-order valence-corrected chi connectivity index (χ0v) is 15.5. The summed E-state index contributed by atoms with van der Waals surface area (Å²) >= 11 is 0. The van der Waals surface area contributed by atoms with Gasteiger partial charge in [-0.15, -0.1) is 0 Å². The minimum absolute atomic E-state index is 0.0417. The Kier molecular flexibility index (Phi) is 16.7. The van der Waals surface area contributed by atoms with Gasteiger partial charge in [0.05, 0.1) is 39.6 Å². The van der Waals surface area contributed by atoms with E-state index in [1.165, 1.54) is 0 Å². The van der Waals surface area contributed by atoms with Crippen molar-refractivity contribution in [3.05, 3.63) is 60.7 Å². The molecule has 0 aromatic heterocycles. The highest BCUT2D eigenvalue weighted by Crippen LogP contribution is 2.19. The second-order valence-corrected chi connectivity index (χ2v) is 4.92. The van der Waals surface area contributed by atoms with Gasteiger partial charge >= 0.3 is 0 Å². The van der Waals surface area contributed by atoms with Crippen molar-refractivity contribution in [1.29, 1.82) is 0 Å². The molecular formula is C20H28O7. The molecule has 0 amide bonds. The summed E-state index contributed by atoms with van der Waals surface area (Å²) in [5, 5.41) is 23.9. The number of rotatable bonds is 9. The predicted molar refractivity (Wildman–Crippen MR) is 102 cm³/mol. The third kappa shape index (κ3) is 18.1. The van der Waals surface area contributed by atoms with Crippen LogP contribution in [0.25, 0.3) is 0 Å². The summed E-state index contributed by atoms with van der Waals surface area (Å²) in [6.45, 7) is 2.81. The van der Waals surface area contributed by atoms with Crippen LogP contribution in [0.1, 0.15) is 6.92 Å². The molecule has 7 nitrogen and oxygen atoms in total. The van der Waals surface area contributed by atoms with E-state index in [9.17, 15) is 0 Å². The second kappa shape index (κ2) is 18.3. The summed E-state index contributed by atoms with van der Waals surface area (Å²) in [6.07, 6.45) is 0. The van der Waals surface area contributed by atoms with Gasteiger partial charge in [-0.3, -0.25) is 4.79 Å². The molecule has 2 aromatic rings. The number of carbonyl (C=O) groups is 1. The van der Waals surface area contributed by atoms with Crippen LogP contribution < -0.4 is 4.74 Å². The molecular weight excluding hydrogens is 352 g/mol. The van der Waals surface area contributed by atoms with Gasteiger partial charge in [0, 0.05) is 6.92 Å². The van der Waals surface area contributed by atoms with Crippen LogP contribution in [0.3, 0.4) is 0 Å². The van der Waals surface area contributed by atoms with Gasteiger partial charge in [0.2, 0.25) is 0 Å². The number of para-hydroxylation sites is 2. The molecule has 7 heteroatoms. The maximum atomic E-state index is 9.00. The van der Waals surface area contributed by atoms with Crippen molar-refractivity contribution >= 4 is 5.97 Å². The highest BCUT2D eigenvalue weighted by atomic mass is 16.5. The maximum Gasteiger partial charge on any atom is 0.300 e. The number of hydrogen-bond acceptors (Lipinski definition) is 6. The van der Waals surface area contributed by atoms with E-state index < -0.39 is 5.97 Å². The van der Waals surface area contributed by atoms with Crippen molar-refractivity contribution in [1.82, 2.24) is 0 Å². The largest absolute Gasteiger partial charge is 0.481 e. The fraction of sp³-hybridized carbons (Fsp3) is 0.350. The highest BCUT2D eigenvalue weighted by Gasteiger charge is 1.92. The van der Waals surface area contributed by atoms with Gasteiger partial charge in [-0.2, -0.15) is 0 Å². The number of aliphatic hydroxyl groups is 2. The highest BCUT2D eigenvalue weighted by molar-refractivity contribution is 5.62. The quantitative estimate of drug-likeness (QED) is 0.574. The van der Waals surface area contributed by atoms with Crippen molar-refractivity contribution in [2.45, 2.75) is 6.92 Å². The van der Waals surface area contributed by atoms with Crippen molar-refractivity contribution in [2.75, 3.05) is 39.6 Å². The lowest BCUT2D eigenvalue weighted by Crippen LogP contribution is -2.09. The topological polar surface area (TPSA) is 105 Å². The molecule has 0 aliphatic carbocycles. The third-order valence-electron chi connectivity index (χ3n) is 2.57. The Balaban J connectivity index is 0.000000432. The fourth-order valence-electron chi connectivity index (χ4n) is 1.56. The lowest BCUT2D eigenvalue weighted by Gasteiger charge is -2.03. The molecule has 0 saturated heterocycles. The molecule has 3 N–H and O–H groups in total. The molecule has 150 valence electrons. The van der Waals surface area contributed by atoms with Gasteiger partial charge in [-0.1, -0.05) is 36.4 Å². The standard InChI is InChI=1S/C12H10O.C6H14O4.C2H4O2/c1-3-7-11(8-4-1)13-12-9-5-2-6-10-12;7-1-3-9-5-6-10-4-2-8;1-2(3)4/h1-10H;7-8H,1-6H2;1H3,(H,3,4). The number of carboxylic acid groups (broad SMARTS) is 1. The van der Waals surface area contributed by atoms with E-state index in [1.807, 2.05) is 60.7 Å². The smallest absolute Gasteiger partial charge is 0.300 e. The van der Waals surface area contributed by atoms with E-state index in [0.29, 0.717) is 26.4 Å². The summed E-state index contributed by atoms with van der Waals surface area (Å²) in [5.74, 6) is 0.905. The number of hydrogen-bond donors (Lipinski definition) is 3. The van der Waals surface area contributed by atoms with Crippen molar-refractivity contribution in [3.63, 3.8) is 0 Å². The van der Waals surface area contributed by atoms with E-state index in [-0.39, 0.29) is 13.2 Å². The average Bonchev–Trinajstić information content (AvgIpc) is 2.66. The van der Waals surface area contributed by atoms with Crippen molar-refractivity contribution in [3.8, 4) is 11.5 Å². The van der Waals surface area contributed by atoms with Gasteiger partial charge in [0.1, 0.15) is 11.5 Å². The van der Waals surface area contributed by atoms with Gasteiger partial charge in [0.25, 0.3) is 5.97 Å². The molecule has 0 fully saturated rings. The first-order valence-corrected chi connectivity index (χ1v) is 8.44. The molecule has 2 aromatic carbocycles. The van der Waals surface area contributed by atoms with E-state index in [0.717, 1.165) is 18.4 Å². The van der Waals surface area contributed by atoms with Crippen LogP contribution in [-0.2, 0) is 14.3 Å². The summed E-state index contributed by atoms with van der Waals surface area (Å²) in [7, 11) is 0. The Hall–Kier alpha value is -2.45. The molecule has 27 heavy (non-hydrogen) atoms. The maximum absolute atomic E-state index is 9.00. The lowest BCUT2D eigenvalue weighted by molar-refractivity contribution is -0.134. The monoisotopic (exact) mass is 380 g/mol. The van der Waals surface area contributed by atoms with Crippen LogP contribution in [-0.4, -0.2) is 60.9 Å². The average molecular weight is 380 g/mol. The van der Waals surface area contributed by atoms with E-state index >= 15 is 0 Å². The molecule has 0 aliphatic heterocycles. The lowest BCUT2D eigenvalue weighted by atomic mass is 10.3. The number of carboxylic acids is 1. The molecule has 0 bridgehead atoms. The third-order valence-corrected chi connectivity index (χ3v) is 2.57. The number of ether oxygens (including phenoxy) is 3. The van der Waals surface area contributed by atoms with Crippen LogP contribution in [0.2, 0.25) is 0 Å². The number of benzene rings is 2. The Morgan fingerprint density at radius 2 is 1.07 bits per heavy atom.